The van der Waals surface area contributed by atoms with E-state index in [-0.39, 0.29) is 18.7 Å². The van der Waals surface area contributed by atoms with E-state index in [0.29, 0.717) is 5.75 Å². The fourth-order valence-corrected chi connectivity index (χ4v) is 2.64. The van der Waals surface area contributed by atoms with Crippen LogP contribution >= 0.6 is 0 Å². The standard InChI is InChI=1S/C20H20N2O4/c1-13-5-3-4-6-17(13)26-15-9-7-14(8-10-15)11-21-19(24)16-12-22(2)20(25)18(16)23/h3-10,23H,11-12H2,1-2H3,(H,21,24). The van der Waals surface area contributed by atoms with Crippen molar-refractivity contribution in [3.05, 3.63) is 71.0 Å². The first-order valence-corrected chi connectivity index (χ1v) is 8.24. The van der Waals surface area contributed by atoms with Gasteiger partial charge in [-0.1, -0.05) is 30.3 Å². The number of hydrogen-bond donors (Lipinski definition) is 2. The minimum atomic E-state index is -0.534. The average Bonchev–Trinajstić information content (AvgIpc) is 2.90. The first kappa shape index (κ1) is 17.5. The molecule has 1 aliphatic rings. The van der Waals surface area contributed by atoms with Gasteiger partial charge in [-0.25, -0.2) is 0 Å². The van der Waals surface area contributed by atoms with E-state index >= 15 is 0 Å². The van der Waals surface area contributed by atoms with Crippen molar-refractivity contribution in [2.75, 3.05) is 13.6 Å². The number of nitrogens with zero attached hydrogens (tertiary/aromatic N) is 1. The Bertz CT molecular complexity index is 872. The molecule has 0 bridgehead atoms. The van der Waals surface area contributed by atoms with Crippen molar-refractivity contribution in [3.8, 4) is 11.5 Å². The zero-order valence-electron chi connectivity index (χ0n) is 14.7. The van der Waals surface area contributed by atoms with Crippen molar-refractivity contribution in [3.63, 3.8) is 0 Å². The number of nitrogens with one attached hydrogen (secondary N) is 1. The lowest BCUT2D eigenvalue weighted by atomic mass is 10.2. The molecule has 134 valence electrons. The number of ether oxygens (including phenoxy) is 1. The second-order valence-corrected chi connectivity index (χ2v) is 6.18. The van der Waals surface area contributed by atoms with E-state index < -0.39 is 17.6 Å². The third kappa shape index (κ3) is 3.69. The van der Waals surface area contributed by atoms with Gasteiger partial charge in [-0.3, -0.25) is 9.59 Å². The molecular formula is C20H20N2O4. The summed E-state index contributed by atoms with van der Waals surface area (Å²) in [5.74, 6) is 0.0454. The Morgan fingerprint density at radius 1 is 1.19 bits per heavy atom. The van der Waals surface area contributed by atoms with Gasteiger partial charge in [-0.2, -0.15) is 0 Å². The van der Waals surface area contributed by atoms with Crippen molar-refractivity contribution < 1.29 is 19.4 Å². The maximum atomic E-state index is 12.1. The van der Waals surface area contributed by atoms with E-state index in [2.05, 4.69) is 5.32 Å². The predicted octanol–water partition coefficient (Wildman–Crippen LogP) is 2.69. The Balaban J connectivity index is 1.59. The number of rotatable bonds is 5. The first-order valence-electron chi connectivity index (χ1n) is 8.24. The largest absolute Gasteiger partial charge is 0.503 e. The van der Waals surface area contributed by atoms with Crippen molar-refractivity contribution in [2.45, 2.75) is 13.5 Å². The van der Waals surface area contributed by atoms with Gasteiger partial charge in [0.1, 0.15) is 11.5 Å². The van der Waals surface area contributed by atoms with Crippen LogP contribution in [0.3, 0.4) is 0 Å². The molecule has 0 aliphatic carbocycles. The molecule has 0 spiro atoms. The van der Waals surface area contributed by atoms with Gasteiger partial charge in [0.15, 0.2) is 5.76 Å². The van der Waals surface area contributed by atoms with Crippen LogP contribution in [0.4, 0.5) is 0 Å². The monoisotopic (exact) mass is 352 g/mol. The molecular weight excluding hydrogens is 332 g/mol. The summed E-state index contributed by atoms with van der Waals surface area (Å²) < 4.78 is 5.84. The average molecular weight is 352 g/mol. The van der Waals surface area contributed by atoms with Crippen molar-refractivity contribution in [1.29, 1.82) is 0 Å². The molecule has 0 fully saturated rings. The molecule has 0 saturated carbocycles. The van der Waals surface area contributed by atoms with Crippen molar-refractivity contribution >= 4 is 11.8 Å². The summed E-state index contributed by atoms with van der Waals surface area (Å²) in [6.07, 6.45) is 0. The molecule has 0 atom stereocenters. The third-order valence-corrected chi connectivity index (χ3v) is 4.20. The molecule has 1 aliphatic heterocycles. The van der Waals surface area contributed by atoms with E-state index in [1.165, 1.54) is 11.9 Å². The zero-order valence-corrected chi connectivity index (χ0v) is 14.7. The SMILES string of the molecule is Cc1ccccc1Oc1ccc(CNC(=O)C2=C(O)C(=O)N(C)C2)cc1. The molecule has 2 aromatic carbocycles. The van der Waals surface area contributed by atoms with E-state index in [0.717, 1.165) is 16.9 Å². The van der Waals surface area contributed by atoms with Gasteiger partial charge in [0.2, 0.25) is 0 Å². The zero-order chi connectivity index (χ0) is 18.7. The number of carbonyl (C=O) groups excluding carboxylic acids is 2. The highest BCUT2D eigenvalue weighted by Crippen LogP contribution is 2.24. The Kier molecular flexibility index (Phi) is 4.93. The number of aliphatic hydroxyl groups excluding tert-OH is 1. The number of aryl methyl sites for hydroxylation is 1. The summed E-state index contributed by atoms with van der Waals surface area (Å²) in [6, 6.07) is 15.1. The Labute approximate surface area is 151 Å². The van der Waals surface area contributed by atoms with Crippen LogP contribution in [0.1, 0.15) is 11.1 Å². The highest BCUT2D eigenvalue weighted by molar-refractivity contribution is 6.06. The number of likely N-dealkylation sites (N-methyl/N-ethyl adjacent to an activating group) is 1. The molecule has 0 saturated heterocycles. The summed E-state index contributed by atoms with van der Waals surface area (Å²) in [7, 11) is 1.53. The van der Waals surface area contributed by atoms with Crippen molar-refractivity contribution in [1.82, 2.24) is 10.2 Å². The van der Waals surface area contributed by atoms with Crippen LogP contribution in [0.15, 0.2) is 59.9 Å². The number of para-hydroxylation sites is 1. The molecule has 26 heavy (non-hydrogen) atoms. The van der Waals surface area contributed by atoms with Crippen LogP contribution < -0.4 is 10.1 Å². The summed E-state index contributed by atoms with van der Waals surface area (Å²) in [5.41, 5.74) is 2.03. The Morgan fingerprint density at radius 2 is 1.88 bits per heavy atom. The van der Waals surface area contributed by atoms with Crippen LogP contribution in [-0.2, 0) is 16.1 Å². The smallest absolute Gasteiger partial charge is 0.289 e. The highest BCUT2D eigenvalue weighted by atomic mass is 16.5. The number of benzene rings is 2. The minimum Gasteiger partial charge on any atom is -0.503 e. The van der Waals surface area contributed by atoms with Crippen LogP contribution in [0, 0.1) is 6.92 Å². The van der Waals surface area contributed by atoms with Gasteiger partial charge in [0.05, 0.1) is 12.1 Å². The Morgan fingerprint density at radius 3 is 2.50 bits per heavy atom. The summed E-state index contributed by atoms with van der Waals surface area (Å²) in [6.45, 7) is 2.38. The molecule has 2 amide bonds. The maximum absolute atomic E-state index is 12.1. The van der Waals surface area contributed by atoms with Gasteiger partial charge in [0, 0.05) is 13.6 Å². The van der Waals surface area contributed by atoms with E-state index in [9.17, 15) is 14.7 Å². The molecule has 3 rings (SSSR count). The fourth-order valence-electron chi connectivity index (χ4n) is 2.64. The Hall–Kier alpha value is -3.28. The third-order valence-electron chi connectivity index (χ3n) is 4.20. The van der Waals surface area contributed by atoms with Gasteiger partial charge >= 0.3 is 0 Å². The number of aliphatic hydroxyl groups is 1. The van der Waals surface area contributed by atoms with Crippen LogP contribution in [-0.4, -0.2) is 35.4 Å². The molecule has 2 N–H and O–H groups in total. The van der Waals surface area contributed by atoms with Gasteiger partial charge in [-0.05, 0) is 36.2 Å². The van der Waals surface area contributed by atoms with E-state index in [1.54, 1.807) is 0 Å². The van der Waals surface area contributed by atoms with Gasteiger partial charge < -0.3 is 20.1 Å². The normalized spacial score (nSPS) is 13.9. The fraction of sp³-hybridized carbons (Fsp3) is 0.200. The molecule has 1 heterocycles. The van der Waals surface area contributed by atoms with Crippen LogP contribution in [0.5, 0.6) is 11.5 Å². The lowest BCUT2D eigenvalue weighted by Gasteiger charge is -2.10. The maximum Gasteiger partial charge on any atom is 0.289 e. The van der Waals surface area contributed by atoms with E-state index in [1.807, 2.05) is 55.5 Å². The second-order valence-electron chi connectivity index (χ2n) is 6.18. The predicted molar refractivity (Wildman–Crippen MR) is 96.8 cm³/mol. The number of carbonyl (C=O) groups is 2. The lowest BCUT2D eigenvalue weighted by Crippen LogP contribution is -2.27. The minimum absolute atomic E-state index is 0.0945. The van der Waals surface area contributed by atoms with E-state index in [4.69, 9.17) is 4.74 Å². The first-order chi connectivity index (χ1) is 12.5. The molecule has 2 aromatic rings. The van der Waals surface area contributed by atoms with Crippen LogP contribution in [0.25, 0.3) is 0 Å². The molecule has 0 radical (unpaired) electrons. The molecule has 6 heteroatoms. The van der Waals surface area contributed by atoms with Gasteiger partial charge in [-0.15, -0.1) is 0 Å². The molecule has 0 aromatic heterocycles. The second kappa shape index (κ2) is 7.31. The number of amides is 2. The lowest BCUT2D eigenvalue weighted by molar-refractivity contribution is -0.126. The molecule has 6 nitrogen and oxygen atoms in total. The summed E-state index contributed by atoms with van der Waals surface area (Å²) in [5, 5.41) is 12.4. The van der Waals surface area contributed by atoms with Crippen molar-refractivity contribution in [2.24, 2.45) is 0 Å². The number of hydrogen-bond acceptors (Lipinski definition) is 4. The van der Waals surface area contributed by atoms with Gasteiger partial charge in [0.25, 0.3) is 11.8 Å². The quantitative estimate of drug-likeness (QED) is 0.867. The summed E-state index contributed by atoms with van der Waals surface area (Å²) in [4.78, 5) is 25.0. The topological polar surface area (TPSA) is 78.9 Å². The summed E-state index contributed by atoms with van der Waals surface area (Å²) >= 11 is 0. The highest BCUT2D eigenvalue weighted by Gasteiger charge is 2.31. The van der Waals surface area contributed by atoms with Crippen LogP contribution in [0.2, 0.25) is 0 Å². The molecule has 0 unspecified atom stereocenters.